The molecule has 5 rings (SSSR count). The first-order valence-corrected chi connectivity index (χ1v) is 11.6. The summed E-state index contributed by atoms with van der Waals surface area (Å²) >= 11 is 0. The van der Waals surface area contributed by atoms with Crippen LogP contribution in [0.5, 0.6) is 11.6 Å². The minimum Gasteiger partial charge on any atom is -0.435 e. The highest BCUT2D eigenvalue weighted by molar-refractivity contribution is 5.80. The number of amides is 1. The Morgan fingerprint density at radius 1 is 1.12 bits per heavy atom. The summed E-state index contributed by atoms with van der Waals surface area (Å²) in [7, 11) is 0. The molecule has 1 amide bonds. The van der Waals surface area contributed by atoms with E-state index in [4.69, 9.17) is 9.84 Å². The second-order valence-electron chi connectivity index (χ2n) is 8.83. The largest absolute Gasteiger partial charge is 0.435 e. The van der Waals surface area contributed by atoms with Gasteiger partial charge in [0.05, 0.1) is 23.5 Å². The zero-order valence-electron chi connectivity index (χ0n) is 18.6. The van der Waals surface area contributed by atoms with Gasteiger partial charge in [0.25, 0.3) is 0 Å². The van der Waals surface area contributed by atoms with Crippen LogP contribution in [0.3, 0.4) is 0 Å². The van der Waals surface area contributed by atoms with E-state index in [1.165, 1.54) is 12.1 Å². The molecule has 172 valence electrons. The van der Waals surface area contributed by atoms with Gasteiger partial charge in [-0.05, 0) is 56.4 Å². The Bertz CT molecular complexity index is 1150. The van der Waals surface area contributed by atoms with Crippen LogP contribution in [0.15, 0.2) is 48.5 Å². The van der Waals surface area contributed by atoms with Crippen molar-refractivity contribution in [2.24, 2.45) is 5.92 Å². The smallest absolute Gasteiger partial charge is 0.228 e. The summed E-state index contributed by atoms with van der Waals surface area (Å²) in [5, 5.41) is 4.77. The van der Waals surface area contributed by atoms with E-state index < -0.39 is 11.6 Å². The highest BCUT2D eigenvalue weighted by atomic mass is 19.1. The minimum atomic E-state index is -0.788. The van der Waals surface area contributed by atoms with E-state index in [0.29, 0.717) is 18.8 Å². The third-order valence-electron chi connectivity index (χ3n) is 6.51. The number of hydrogen-bond donors (Lipinski definition) is 0. The topological polar surface area (TPSA) is 47.4 Å². The predicted molar refractivity (Wildman–Crippen MR) is 120 cm³/mol. The van der Waals surface area contributed by atoms with Gasteiger partial charge in [-0.25, -0.2) is 13.5 Å². The molecule has 2 aliphatic carbocycles. The molecular weight excluding hydrogens is 424 g/mol. The summed E-state index contributed by atoms with van der Waals surface area (Å²) in [4.78, 5) is 15.2. The summed E-state index contributed by atoms with van der Waals surface area (Å²) in [5.41, 5.74) is 2.33. The van der Waals surface area contributed by atoms with E-state index in [1.54, 1.807) is 4.68 Å². The number of para-hydroxylation sites is 1. The normalized spacial score (nSPS) is 15.8. The lowest BCUT2D eigenvalue weighted by Gasteiger charge is -2.32. The molecule has 0 saturated heterocycles. The van der Waals surface area contributed by atoms with Gasteiger partial charge in [0.1, 0.15) is 5.82 Å². The van der Waals surface area contributed by atoms with Crippen molar-refractivity contribution in [1.82, 2.24) is 14.7 Å². The number of nitrogens with zero attached hydrogens (tertiary/aromatic N) is 3. The van der Waals surface area contributed by atoms with Gasteiger partial charge in [-0.3, -0.25) is 4.79 Å². The van der Waals surface area contributed by atoms with Crippen LogP contribution in [0.4, 0.5) is 8.78 Å². The number of benzene rings is 2. The van der Waals surface area contributed by atoms with E-state index in [9.17, 15) is 13.6 Å². The number of ether oxygens (including phenoxy) is 1. The zero-order chi connectivity index (χ0) is 22.9. The van der Waals surface area contributed by atoms with Crippen molar-refractivity contribution in [1.29, 1.82) is 0 Å². The van der Waals surface area contributed by atoms with Crippen LogP contribution in [-0.2, 0) is 17.8 Å². The molecule has 0 spiro atoms. The van der Waals surface area contributed by atoms with Gasteiger partial charge in [0.2, 0.25) is 11.8 Å². The number of hydrogen-bond acceptors (Lipinski definition) is 3. The van der Waals surface area contributed by atoms with E-state index in [-0.39, 0.29) is 23.6 Å². The van der Waals surface area contributed by atoms with Crippen molar-refractivity contribution >= 4 is 5.91 Å². The molecule has 0 aliphatic heterocycles. The molecule has 0 bridgehead atoms. The molecule has 5 nitrogen and oxygen atoms in total. The summed E-state index contributed by atoms with van der Waals surface area (Å²) in [6.07, 6.45) is 5.60. The van der Waals surface area contributed by atoms with Gasteiger partial charge in [-0.15, -0.1) is 0 Å². The summed E-state index contributed by atoms with van der Waals surface area (Å²) < 4.78 is 35.7. The lowest BCUT2D eigenvalue weighted by Crippen LogP contribution is -2.40. The molecule has 0 unspecified atom stereocenters. The van der Waals surface area contributed by atoms with Crippen molar-refractivity contribution < 1.29 is 18.3 Å². The van der Waals surface area contributed by atoms with Gasteiger partial charge in [0.15, 0.2) is 11.6 Å². The second kappa shape index (κ2) is 8.96. The fraction of sp³-hybridized carbons (Fsp3) is 0.385. The number of carbonyl (C=O) groups is 1. The summed E-state index contributed by atoms with van der Waals surface area (Å²) in [5.74, 6) is -0.895. The molecule has 2 fully saturated rings. The zero-order valence-corrected chi connectivity index (χ0v) is 18.6. The number of halogens is 2. The quantitative estimate of drug-likeness (QED) is 0.435. The Hall–Kier alpha value is -3.22. The highest BCUT2D eigenvalue weighted by Crippen LogP contribution is 2.38. The molecule has 0 atom stereocenters. The lowest BCUT2D eigenvalue weighted by molar-refractivity contribution is -0.139. The SMILES string of the molecule is CCc1nn(-c2ccccc2)c(Oc2ccc(F)cc2F)c1CN(C(=O)C1CCC1)C1CC1. The number of aromatic nitrogens is 2. The fourth-order valence-corrected chi connectivity index (χ4v) is 4.27. The van der Waals surface area contributed by atoms with Gasteiger partial charge < -0.3 is 9.64 Å². The van der Waals surface area contributed by atoms with Crippen LogP contribution >= 0.6 is 0 Å². The lowest BCUT2D eigenvalue weighted by atomic mass is 9.84. The Kier molecular flexibility index (Phi) is 5.87. The van der Waals surface area contributed by atoms with Gasteiger partial charge in [-0.1, -0.05) is 31.5 Å². The third kappa shape index (κ3) is 4.36. The van der Waals surface area contributed by atoms with Crippen LogP contribution in [0.2, 0.25) is 0 Å². The van der Waals surface area contributed by atoms with Crippen LogP contribution < -0.4 is 4.74 Å². The van der Waals surface area contributed by atoms with Gasteiger partial charge in [0, 0.05) is 18.0 Å². The predicted octanol–water partition coefficient (Wildman–Crippen LogP) is 5.80. The first-order valence-electron chi connectivity index (χ1n) is 11.6. The van der Waals surface area contributed by atoms with Crippen molar-refractivity contribution in [3.05, 3.63) is 71.4 Å². The van der Waals surface area contributed by atoms with Crippen LogP contribution in [0, 0.1) is 17.6 Å². The molecule has 1 heterocycles. The molecule has 1 aromatic heterocycles. The third-order valence-corrected chi connectivity index (χ3v) is 6.51. The Labute approximate surface area is 192 Å². The van der Waals surface area contributed by atoms with E-state index >= 15 is 0 Å². The number of aryl methyl sites for hydroxylation is 1. The molecule has 33 heavy (non-hydrogen) atoms. The second-order valence-corrected chi connectivity index (χ2v) is 8.83. The first-order chi connectivity index (χ1) is 16.0. The maximum absolute atomic E-state index is 14.5. The molecule has 3 aromatic rings. The standard InChI is InChI=1S/C26H27F2N3O2/c1-2-23-21(16-30(19-12-13-19)25(32)17-7-6-8-17)26(31(29-23)20-9-4-3-5-10-20)33-24-14-11-18(27)15-22(24)28/h3-5,9-11,14-15,17,19H,2,6-8,12-13,16H2,1H3. The maximum atomic E-state index is 14.5. The Morgan fingerprint density at radius 2 is 1.88 bits per heavy atom. The minimum absolute atomic E-state index is 0.0827. The van der Waals surface area contributed by atoms with E-state index in [2.05, 4.69) is 0 Å². The van der Waals surface area contributed by atoms with E-state index in [1.807, 2.05) is 42.2 Å². The maximum Gasteiger partial charge on any atom is 0.228 e. The van der Waals surface area contributed by atoms with Crippen LogP contribution in [0.25, 0.3) is 5.69 Å². The number of carbonyl (C=O) groups excluding carboxylic acids is 1. The summed E-state index contributed by atoms with van der Waals surface area (Å²) in [6.45, 7) is 2.37. The molecule has 2 aromatic carbocycles. The Balaban J connectivity index is 1.58. The van der Waals surface area contributed by atoms with Crippen molar-refractivity contribution in [2.45, 2.75) is 58.0 Å². The van der Waals surface area contributed by atoms with Crippen molar-refractivity contribution in [2.75, 3.05) is 0 Å². The molecule has 0 N–H and O–H groups in total. The monoisotopic (exact) mass is 451 g/mol. The van der Waals surface area contributed by atoms with Crippen molar-refractivity contribution in [3.63, 3.8) is 0 Å². The molecule has 2 aliphatic rings. The van der Waals surface area contributed by atoms with Gasteiger partial charge in [-0.2, -0.15) is 5.10 Å². The molecule has 2 saturated carbocycles. The number of rotatable bonds is 8. The highest BCUT2D eigenvalue weighted by Gasteiger charge is 2.39. The first kappa shape index (κ1) is 21.6. The van der Waals surface area contributed by atoms with Crippen molar-refractivity contribution in [3.8, 4) is 17.3 Å². The summed E-state index contributed by atoms with van der Waals surface area (Å²) in [6, 6.07) is 12.9. The molecule has 0 radical (unpaired) electrons. The average Bonchev–Trinajstić information content (AvgIpc) is 3.55. The van der Waals surface area contributed by atoms with Gasteiger partial charge >= 0.3 is 0 Å². The average molecular weight is 452 g/mol. The Morgan fingerprint density at radius 3 is 2.48 bits per heavy atom. The van der Waals surface area contributed by atoms with E-state index in [0.717, 1.165) is 55.1 Å². The molecule has 7 heteroatoms. The van der Waals surface area contributed by atoms with Crippen LogP contribution in [-0.4, -0.2) is 26.6 Å². The molecular formula is C26H27F2N3O2. The van der Waals surface area contributed by atoms with Crippen LogP contribution in [0.1, 0.15) is 50.3 Å². The fourth-order valence-electron chi connectivity index (χ4n) is 4.27.